The lowest BCUT2D eigenvalue weighted by molar-refractivity contribution is 0.490. The van der Waals surface area contributed by atoms with E-state index in [2.05, 4.69) is 40.8 Å². The Morgan fingerprint density at radius 1 is 1.45 bits per heavy atom. The fourth-order valence-electron chi connectivity index (χ4n) is 1.43. The van der Waals surface area contributed by atoms with Crippen LogP contribution < -0.4 is 5.32 Å². The van der Waals surface area contributed by atoms with Crippen LogP contribution in [-0.4, -0.2) is 18.9 Å². The van der Waals surface area contributed by atoms with Gasteiger partial charge in [0.1, 0.15) is 0 Å². The van der Waals surface area contributed by atoms with Crippen LogP contribution in [-0.2, 0) is 0 Å². The predicted octanol–water partition coefficient (Wildman–Crippen LogP) is 0.996. The number of hydrogen-bond acceptors (Lipinski definition) is 2. The highest BCUT2D eigenvalue weighted by atomic mass is 15.1. The first kappa shape index (κ1) is 6.80. The Bertz CT molecular complexity index is 216. The maximum atomic E-state index is 4.07. The summed E-state index contributed by atoms with van der Waals surface area (Å²) in [5.74, 6) is 0.443. The number of nitrogens with zero attached hydrogens (tertiary/aromatic N) is 1. The topological polar surface area (TPSA) is 24.4 Å². The Hall–Kier alpha value is -0.890. The van der Waals surface area contributed by atoms with E-state index in [4.69, 9.17) is 0 Å². The van der Waals surface area contributed by atoms with Gasteiger partial charge in [-0.3, -0.25) is 10.3 Å². The second-order valence-corrected chi connectivity index (χ2v) is 2.83. The monoisotopic (exact) mass is 147 g/mol. The summed E-state index contributed by atoms with van der Waals surface area (Å²) < 4.78 is 0. The van der Waals surface area contributed by atoms with Crippen molar-refractivity contribution >= 4 is 6.21 Å². The molecule has 0 saturated carbocycles. The number of allylic oxidation sites excluding steroid dienone is 3. The smallest absolute Gasteiger partial charge is 0.0893 e. The zero-order valence-electron chi connectivity index (χ0n) is 6.33. The van der Waals surface area contributed by atoms with Crippen LogP contribution in [0, 0.1) is 5.92 Å². The third-order valence-corrected chi connectivity index (χ3v) is 2.05. The minimum Gasteiger partial charge on any atom is -0.291 e. The Kier molecular flexibility index (Phi) is 1.86. The first-order valence-electron chi connectivity index (χ1n) is 3.95. The van der Waals surface area contributed by atoms with Gasteiger partial charge < -0.3 is 0 Å². The zero-order valence-corrected chi connectivity index (χ0v) is 6.33. The van der Waals surface area contributed by atoms with Crippen LogP contribution in [0.2, 0.25) is 0 Å². The second kappa shape index (κ2) is 3.01. The Labute approximate surface area is 66.7 Å². The van der Waals surface area contributed by atoms with Gasteiger partial charge >= 0.3 is 0 Å². The van der Waals surface area contributed by atoms with Crippen LogP contribution in [0.4, 0.5) is 0 Å². The number of nitrogens with one attached hydrogen (secondary N) is 1. The van der Waals surface area contributed by atoms with Gasteiger partial charge in [0.15, 0.2) is 0 Å². The maximum Gasteiger partial charge on any atom is 0.0893 e. The first-order chi connectivity index (χ1) is 5.47. The van der Waals surface area contributed by atoms with Crippen molar-refractivity contribution in [1.82, 2.24) is 5.32 Å². The Morgan fingerprint density at radius 3 is 3.45 bits per heavy atom. The summed E-state index contributed by atoms with van der Waals surface area (Å²) in [5, 5.41) is 3.31. The van der Waals surface area contributed by atoms with Gasteiger partial charge in [-0.15, -0.1) is 0 Å². The largest absolute Gasteiger partial charge is 0.291 e. The SMILES string of the molecule is [C]1=NCNC2C=CC=CCC12. The van der Waals surface area contributed by atoms with Gasteiger partial charge in [0.05, 0.1) is 12.9 Å². The first-order valence-corrected chi connectivity index (χ1v) is 3.95. The van der Waals surface area contributed by atoms with E-state index in [1.807, 2.05) is 0 Å². The van der Waals surface area contributed by atoms with Crippen molar-refractivity contribution in [2.45, 2.75) is 12.5 Å². The van der Waals surface area contributed by atoms with Crippen LogP contribution in [0.5, 0.6) is 0 Å². The minimum atomic E-state index is 0.443. The molecule has 0 amide bonds. The van der Waals surface area contributed by atoms with E-state index in [1.54, 1.807) is 0 Å². The molecule has 2 atom stereocenters. The lowest BCUT2D eigenvalue weighted by atomic mass is 9.97. The molecule has 11 heavy (non-hydrogen) atoms. The van der Waals surface area contributed by atoms with E-state index in [0.29, 0.717) is 18.6 Å². The van der Waals surface area contributed by atoms with Crippen molar-refractivity contribution in [3.63, 3.8) is 0 Å². The average Bonchev–Trinajstić information content (AvgIpc) is 2.28. The standard InChI is InChI=1S/C9H11N2/c1-2-4-8-6-10-7-11-9(8)5-3-1/h1-3,5,8-9,11H,4,7H2. The molecular formula is C9H11N2. The molecule has 0 aromatic rings. The molecule has 1 aliphatic heterocycles. The normalized spacial score (nSPS) is 34.9. The molecule has 1 heterocycles. The maximum absolute atomic E-state index is 4.07. The summed E-state index contributed by atoms with van der Waals surface area (Å²) in [4.78, 5) is 4.07. The number of rotatable bonds is 0. The quantitative estimate of drug-likeness (QED) is 0.543. The van der Waals surface area contributed by atoms with Crippen molar-refractivity contribution < 1.29 is 0 Å². The van der Waals surface area contributed by atoms with E-state index in [0.717, 1.165) is 6.42 Å². The lowest BCUT2D eigenvalue weighted by Gasteiger charge is -2.22. The summed E-state index contributed by atoms with van der Waals surface area (Å²) in [6.07, 6.45) is 12.7. The molecule has 1 radical (unpaired) electrons. The highest BCUT2D eigenvalue weighted by Crippen LogP contribution is 2.14. The molecular weight excluding hydrogens is 136 g/mol. The van der Waals surface area contributed by atoms with E-state index in [9.17, 15) is 0 Å². The summed E-state index contributed by atoms with van der Waals surface area (Å²) in [6, 6.07) is 0.447. The van der Waals surface area contributed by atoms with Crippen molar-refractivity contribution in [1.29, 1.82) is 0 Å². The molecule has 0 aromatic carbocycles. The molecule has 2 nitrogen and oxygen atoms in total. The summed E-state index contributed by atoms with van der Waals surface area (Å²) >= 11 is 0. The molecule has 2 aliphatic rings. The lowest BCUT2D eigenvalue weighted by Crippen LogP contribution is -2.38. The van der Waals surface area contributed by atoms with E-state index >= 15 is 0 Å². The third-order valence-electron chi connectivity index (χ3n) is 2.05. The van der Waals surface area contributed by atoms with Gasteiger partial charge in [0, 0.05) is 12.0 Å². The molecule has 0 bridgehead atoms. The van der Waals surface area contributed by atoms with Crippen molar-refractivity contribution in [2.24, 2.45) is 10.9 Å². The molecule has 57 valence electrons. The van der Waals surface area contributed by atoms with Gasteiger partial charge in [-0.25, -0.2) is 0 Å². The highest BCUT2D eigenvalue weighted by molar-refractivity contribution is 5.64. The molecule has 1 aliphatic carbocycles. The van der Waals surface area contributed by atoms with Gasteiger partial charge in [-0.1, -0.05) is 24.3 Å². The highest BCUT2D eigenvalue weighted by Gasteiger charge is 2.19. The Balaban J connectivity index is 2.17. The number of hydrogen-bond donors (Lipinski definition) is 1. The molecule has 0 spiro atoms. The van der Waals surface area contributed by atoms with Crippen molar-refractivity contribution in [3.05, 3.63) is 24.3 Å². The second-order valence-electron chi connectivity index (χ2n) is 2.83. The van der Waals surface area contributed by atoms with E-state index in [-0.39, 0.29) is 0 Å². The van der Waals surface area contributed by atoms with Gasteiger partial charge in [0.2, 0.25) is 0 Å². The van der Waals surface area contributed by atoms with Crippen molar-refractivity contribution in [2.75, 3.05) is 6.67 Å². The zero-order chi connectivity index (χ0) is 7.52. The average molecular weight is 147 g/mol. The minimum absolute atomic E-state index is 0.443. The molecule has 1 N–H and O–H groups in total. The molecule has 2 rings (SSSR count). The number of aliphatic imine (C=N–C) groups is 1. The van der Waals surface area contributed by atoms with Crippen LogP contribution in [0.25, 0.3) is 0 Å². The fourth-order valence-corrected chi connectivity index (χ4v) is 1.43. The van der Waals surface area contributed by atoms with E-state index in [1.165, 1.54) is 0 Å². The van der Waals surface area contributed by atoms with Gasteiger partial charge in [-0.2, -0.15) is 0 Å². The molecule has 2 unspecified atom stereocenters. The van der Waals surface area contributed by atoms with Crippen LogP contribution in [0.3, 0.4) is 0 Å². The Morgan fingerprint density at radius 2 is 2.45 bits per heavy atom. The fraction of sp³-hybridized carbons (Fsp3) is 0.444. The molecule has 2 heteroatoms. The molecule has 0 fully saturated rings. The predicted molar refractivity (Wildman–Crippen MR) is 45.6 cm³/mol. The third kappa shape index (κ3) is 1.40. The summed E-state index contributed by atoms with van der Waals surface area (Å²) in [7, 11) is 0. The molecule has 0 saturated heterocycles. The van der Waals surface area contributed by atoms with Crippen molar-refractivity contribution in [3.8, 4) is 0 Å². The van der Waals surface area contributed by atoms with E-state index < -0.39 is 0 Å². The van der Waals surface area contributed by atoms with Crippen LogP contribution >= 0.6 is 0 Å². The van der Waals surface area contributed by atoms with Crippen LogP contribution in [0.15, 0.2) is 29.3 Å². The summed E-state index contributed by atoms with van der Waals surface area (Å²) in [5.41, 5.74) is 0. The van der Waals surface area contributed by atoms with Gasteiger partial charge in [-0.05, 0) is 6.42 Å². The summed E-state index contributed by atoms with van der Waals surface area (Å²) in [6.45, 7) is 0.714. The molecule has 0 aromatic heterocycles. The van der Waals surface area contributed by atoms with Gasteiger partial charge in [0.25, 0.3) is 0 Å². The van der Waals surface area contributed by atoms with Crippen LogP contribution in [0.1, 0.15) is 6.42 Å². The number of fused-ring (bicyclic) bond motifs is 1.